The third-order valence-corrected chi connectivity index (χ3v) is 4.50. The van der Waals surface area contributed by atoms with E-state index in [0.717, 1.165) is 25.3 Å². The normalized spacial score (nSPS) is 31.9. The molecule has 1 aromatic rings. The molecule has 0 radical (unpaired) electrons. The maximum Gasteiger partial charge on any atom is 0.122 e. The lowest BCUT2D eigenvalue weighted by Gasteiger charge is -2.38. The number of hydrogen-bond acceptors (Lipinski definition) is 3. The average molecular weight is 265 g/mol. The molecule has 0 saturated heterocycles. The molecular weight excluding hydrogens is 238 g/mol. The molecule has 4 heteroatoms. The zero-order valence-corrected chi connectivity index (χ0v) is 12.6. The lowest BCUT2D eigenvalue weighted by Crippen LogP contribution is -2.41. The highest BCUT2D eigenvalue weighted by Gasteiger charge is 2.33. The van der Waals surface area contributed by atoms with Crippen LogP contribution in [-0.4, -0.2) is 39.3 Å². The van der Waals surface area contributed by atoms with Crippen molar-refractivity contribution >= 4 is 0 Å². The van der Waals surface area contributed by atoms with Crippen molar-refractivity contribution in [3.8, 4) is 0 Å². The Labute approximate surface area is 116 Å². The van der Waals surface area contributed by atoms with Gasteiger partial charge in [0.25, 0.3) is 0 Å². The summed E-state index contributed by atoms with van der Waals surface area (Å²) in [5, 5.41) is 10.3. The van der Waals surface area contributed by atoms with E-state index in [1.54, 1.807) is 0 Å². The van der Waals surface area contributed by atoms with Crippen LogP contribution in [0, 0.1) is 17.8 Å². The van der Waals surface area contributed by atoms with Crippen LogP contribution in [0.5, 0.6) is 0 Å². The molecule has 1 aliphatic carbocycles. The molecule has 1 aromatic heterocycles. The van der Waals surface area contributed by atoms with Crippen molar-refractivity contribution < 1.29 is 5.11 Å². The van der Waals surface area contributed by atoms with Crippen LogP contribution < -0.4 is 0 Å². The largest absolute Gasteiger partial charge is 0.393 e. The highest BCUT2D eigenvalue weighted by Crippen LogP contribution is 2.34. The number of rotatable bonds is 4. The van der Waals surface area contributed by atoms with Gasteiger partial charge in [-0.2, -0.15) is 0 Å². The molecule has 4 unspecified atom stereocenters. The van der Waals surface area contributed by atoms with Gasteiger partial charge in [-0.3, -0.25) is 4.90 Å². The molecule has 0 amide bonds. The number of aryl methyl sites for hydroxylation is 1. The van der Waals surface area contributed by atoms with Gasteiger partial charge in [-0.15, -0.1) is 0 Å². The van der Waals surface area contributed by atoms with Crippen molar-refractivity contribution in [1.82, 2.24) is 14.5 Å². The maximum absolute atomic E-state index is 10.3. The molecule has 0 spiro atoms. The molecule has 108 valence electrons. The van der Waals surface area contributed by atoms with Crippen LogP contribution >= 0.6 is 0 Å². The molecule has 0 bridgehead atoms. The number of aliphatic hydroxyl groups is 1. The predicted molar refractivity (Wildman–Crippen MR) is 76.6 cm³/mol. The standard InChI is InChI=1S/C15H27N3O/c1-11-7-12(2)13(14(19)8-11)9-17(3)10-15-16-5-6-18(15)4/h5-6,11-14,19H,7-10H2,1-4H3. The van der Waals surface area contributed by atoms with Gasteiger partial charge in [-0.25, -0.2) is 4.98 Å². The summed E-state index contributed by atoms with van der Waals surface area (Å²) in [5.41, 5.74) is 0. The van der Waals surface area contributed by atoms with Crippen molar-refractivity contribution in [1.29, 1.82) is 0 Å². The van der Waals surface area contributed by atoms with Crippen LogP contribution in [0.3, 0.4) is 0 Å². The number of hydrogen-bond donors (Lipinski definition) is 1. The molecule has 4 atom stereocenters. The number of imidazole rings is 1. The van der Waals surface area contributed by atoms with E-state index in [4.69, 9.17) is 0 Å². The Morgan fingerprint density at radius 2 is 2.16 bits per heavy atom. The summed E-state index contributed by atoms with van der Waals surface area (Å²) in [7, 11) is 4.14. The van der Waals surface area contributed by atoms with E-state index in [1.807, 2.05) is 19.4 Å². The SMILES string of the molecule is CC1CC(C)C(CN(C)Cc2nccn2C)C(O)C1. The van der Waals surface area contributed by atoms with Crippen LogP contribution in [0.4, 0.5) is 0 Å². The van der Waals surface area contributed by atoms with Gasteiger partial charge in [-0.05, 0) is 31.7 Å². The van der Waals surface area contributed by atoms with E-state index < -0.39 is 0 Å². The topological polar surface area (TPSA) is 41.3 Å². The highest BCUT2D eigenvalue weighted by atomic mass is 16.3. The second kappa shape index (κ2) is 6.06. The summed E-state index contributed by atoms with van der Waals surface area (Å²) in [6.45, 7) is 6.31. The Balaban J connectivity index is 1.91. The van der Waals surface area contributed by atoms with Crippen LogP contribution in [0.2, 0.25) is 0 Å². The predicted octanol–water partition coefficient (Wildman–Crippen LogP) is 1.90. The Bertz CT molecular complexity index is 392. The third-order valence-electron chi connectivity index (χ3n) is 4.50. The zero-order valence-electron chi connectivity index (χ0n) is 12.6. The number of aliphatic hydroxyl groups excluding tert-OH is 1. The van der Waals surface area contributed by atoms with Gasteiger partial charge >= 0.3 is 0 Å². The molecule has 0 aromatic carbocycles. The summed E-state index contributed by atoms with van der Waals surface area (Å²) in [6.07, 6.45) is 5.84. The first-order chi connectivity index (χ1) is 8.97. The number of nitrogens with zero attached hydrogens (tertiary/aromatic N) is 3. The molecule has 0 aliphatic heterocycles. The number of aromatic nitrogens is 2. The van der Waals surface area contributed by atoms with E-state index in [0.29, 0.717) is 17.8 Å². The van der Waals surface area contributed by atoms with E-state index in [-0.39, 0.29) is 6.10 Å². The molecule has 1 aliphatic rings. The Kier molecular flexibility index (Phi) is 4.63. The zero-order chi connectivity index (χ0) is 14.0. The summed E-state index contributed by atoms with van der Waals surface area (Å²) in [4.78, 5) is 6.64. The third kappa shape index (κ3) is 3.57. The highest BCUT2D eigenvalue weighted by molar-refractivity contribution is 4.91. The fourth-order valence-electron chi connectivity index (χ4n) is 3.39. The molecular formula is C15H27N3O. The van der Waals surface area contributed by atoms with Gasteiger partial charge in [0.1, 0.15) is 5.82 Å². The van der Waals surface area contributed by atoms with Gasteiger partial charge in [0, 0.05) is 31.9 Å². The monoisotopic (exact) mass is 265 g/mol. The first-order valence-corrected chi connectivity index (χ1v) is 7.30. The Morgan fingerprint density at radius 3 is 2.74 bits per heavy atom. The molecule has 1 saturated carbocycles. The minimum atomic E-state index is -0.150. The van der Waals surface area contributed by atoms with Crippen molar-refractivity contribution in [2.45, 2.75) is 39.3 Å². The first kappa shape index (κ1) is 14.5. The summed E-state index contributed by atoms with van der Waals surface area (Å²) >= 11 is 0. The van der Waals surface area contributed by atoms with Gasteiger partial charge in [0.05, 0.1) is 12.6 Å². The fourth-order valence-corrected chi connectivity index (χ4v) is 3.39. The van der Waals surface area contributed by atoms with Gasteiger partial charge < -0.3 is 9.67 Å². The molecule has 19 heavy (non-hydrogen) atoms. The van der Waals surface area contributed by atoms with Crippen molar-refractivity contribution in [2.75, 3.05) is 13.6 Å². The fraction of sp³-hybridized carbons (Fsp3) is 0.800. The Morgan fingerprint density at radius 1 is 1.42 bits per heavy atom. The summed E-state index contributed by atoms with van der Waals surface area (Å²) in [5.74, 6) is 2.72. The van der Waals surface area contributed by atoms with E-state index in [9.17, 15) is 5.11 Å². The average Bonchev–Trinajstić information content (AvgIpc) is 2.69. The summed E-state index contributed by atoms with van der Waals surface area (Å²) in [6, 6.07) is 0. The molecule has 1 fully saturated rings. The summed E-state index contributed by atoms with van der Waals surface area (Å²) < 4.78 is 2.05. The van der Waals surface area contributed by atoms with Gasteiger partial charge in [0.15, 0.2) is 0 Å². The van der Waals surface area contributed by atoms with Crippen molar-refractivity contribution in [2.24, 2.45) is 24.8 Å². The van der Waals surface area contributed by atoms with Gasteiger partial charge in [0.2, 0.25) is 0 Å². The molecule has 1 N–H and O–H groups in total. The second-order valence-electron chi connectivity index (χ2n) is 6.44. The molecule has 4 nitrogen and oxygen atoms in total. The molecule has 1 heterocycles. The van der Waals surface area contributed by atoms with Crippen LogP contribution in [-0.2, 0) is 13.6 Å². The van der Waals surface area contributed by atoms with Crippen LogP contribution in [0.1, 0.15) is 32.5 Å². The van der Waals surface area contributed by atoms with Gasteiger partial charge in [-0.1, -0.05) is 13.8 Å². The maximum atomic E-state index is 10.3. The van der Waals surface area contributed by atoms with E-state index in [2.05, 4.69) is 35.3 Å². The lowest BCUT2D eigenvalue weighted by molar-refractivity contribution is 0.000222. The quantitative estimate of drug-likeness (QED) is 0.904. The van der Waals surface area contributed by atoms with Crippen LogP contribution in [0.15, 0.2) is 12.4 Å². The Hall–Kier alpha value is -0.870. The smallest absolute Gasteiger partial charge is 0.122 e. The minimum absolute atomic E-state index is 0.150. The minimum Gasteiger partial charge on any atom is -0.393 e. The second-order valence-corrected chi connectivity index (χ2v) is 6.44. The lowest BCUT2D eigenvalue weighted by atomic mass is 9.73. The van der Waals surface area contributed by atoms with Crippen LogP contribution in [0.25, 0.3) is 0 Å². The van der Waals surface area contributed by atoms with E-state index in [1.165, 1.54) is 6.42 Å². The van der Waals surface area contributed by atoms with E-state index >= 15 is 0 Å². The van der Waals surface area contributed by atoms with Crippen molar-refractivity contribution in [3.63, 3.8) is 0 Å². The first-order valence-electron chi connectivity index (χ1n) is 7.30. The van der Waals surface area contributed by atoms with Crippen molar-refractivity contribution in [3.05, 3.63) is 18.2 Å². The molecule has 2 rings (SSSR count).